The molecular weight excluding hydrogens is 391 g/mol. The summed E-state index contributed by atoms with van der Waals surface area (Å²) in [5.74, 6) is -0.655. The Hall–Kier alpha value is -2.70. The molecule has 0 bridgehead atoms. The van der Waals surface area contributed by atoms with Gasteiger partial charge in [0.05, 0.1) is 16.2 Å². The van der Waals surface area contributed by atoms with Gasteiger partial charge in [-0.25, -0.2) is 0 Å². The number of pyridine rings is 1. The van der Waals surface area contributed by atoms with Crippen molar-refractivity contribution in [1.82, 2.24) is 9.13 Å². The third-order valence-electron chi connectivity index (χ3n) is 3.99. The molecule has 8 heteroatoms. The second-order valence-corrected chi connectivity index (χ2v) is 6.83. The van der Waals surface area contributed by atoms with E-state index in [1.54, 1.807) is 12.1 Å². The summed E-state index contributed by atoms with van der Waals surface area (Å²) in [5.41, 5.74) is 2.42. The quantitative estimate of drug-likeness (QED) is 0.679. The van der Waals surface area contributed by atoms with E-state index in [1.165, 1.54) is 18.3 Å². The Morgan fingerprint density at radius 2 is 1.67 bits per heavy atom. The van der Waals surface area contributed by atoms with Gasteiger partial charge in [0.2, 0.25) is 0 Å². The molecule has 140 valence electrons. The molecule has 0 radical (unpaired) electrons. The minimum atomic E-state index is -1.13. The van der Waals surface area contributed by atoms with Crippen LogP contribution in [0.5, 0.6) is 11.5 Å². The first-order valence-corrected chi connectivity index (χ1v) is 8.76. The van der Waals surface area contributed by atoms with Crippen LogP contribution in [0.2, 0.25) is 10.0 Å². The molecule has 27 heavy (non-hydrogen) atoms. The minimum Gasteiger partial charge on any atom is -0.480 e. The Balaban J connectivity index is 1.97. The molecule has 0 amide bonds. The Morgan fingerprint density at radius 1 is 1.07 bits per heavy atom. The lowest BCUT2D eigenvalue weighted by atomic mass is 10.2. The number of carboxylic acids is 1. The molecule has 2 aromatic heterocycles. The van der Waals surface area contributed by atoms with Gasteiger partial charge in [-0.05, 0) is 44.2 Å². The van der Waals surface area contributed by atoms with Gasteiger partial charge in [0, 0.05) is 23.1 Å². The number of aliphatic carboxylic acids is 1. The molecule has 1 aromatic carbocycles. The smallest absolute Gasteiger partial charge is 0.323 e. The van der Waals surface area contributed by atoms with Crippen LogP contribution in [0.4, 0.5) is 0 Å². The van der Waals surface area contributed by atoms with E-state index in [2.05, 4.69) is 0 Å². The fraction of sp³-hybridized carbons (Fsp3) is 0.158. The Bertz CT molecular complexity index is 1040. The second-order valence-electron chi connectivity index (χ2n) is 6.02. The van der Waals surface area contributed by atoms with Crippen molar-refractivity contribution in [2.24, 2.45) is 0 Å². The summed E-state index contributed by atoms with van der Waals surface area (Å²) in [7, 11) is 0. The number of hydrogen-bond donors (Lipinski definition) is 1. The van der Waals surface area contributed by atoms with E-state index in [-0.39, 0.29) is 11.5 Å². The van der Waals surface area contributed by atoms with Gasteiger partial charge >= 0.3 is 5.97 Å². The second kappa shape index (κ2) is 7.50. The van der Waals surface area contributed by atoms with Gasteiger partial charge < -0.3 is 19.0 Å². The number of halogens is 2. The third-order valence-corrected chi connectivity index (χ3v) is 4.56. The SMILES string of the molecule is Cc1ccc(C)n1-c1cc(Cl)c(Oc2ccc(=O)n(CC(=O)O)c2)c(Cl)c1. The molecule has 0 aliphatic carbocycles. The van der Waals surface area contributed by atoms with Crippen LogP contribution in [-0.4, -0.2) is 20.2 Å². The molecule has 3 rings (SSSR count). The van der Waals surface area contributed by atoms with Gasteiger partial charge in [0.25, 0.3) is 5.56 Å². The number of ether oxygens (including phenoxy) is 1. The summed E-state index contributed by atoms with van der Waals surface area (Å²) in [4.78, 5) is 22.6. The monoisotopic (exact) mass is 406 g/mol. The summed E-state index contributed by atoms with van der Waals surface area (Å²) in [6.07, 6.45) is 1.30. The fourth-order valence-electron chi connectivity index (χ4n) is 2.81. The van der Waals surface area contributed by atoms with Gasteiger partial charge in [-0.1, -0.05) is 23.2 Å². The maximum Gasteiger partial charge on any atom is 0.323 e. The molecule has 0 aliphatic heterocycles. The molecule has 3 aromatic rings. The molecular formula is C19H16Cl2N2O4. The van der Waals surface area contributed by atoms with Crippen molar-refractivity contribution in [2.75, 3.05) is 0 Å². The van der Waals surface area contributed by atoms with Crippen LogP contribution >= 0.6 is 23.2 Å². The van der Waals surface area contributed by atoms with Crippen molar-refractivity contribution in [3.63, 3.8) is 0 Å². The highest BCUT2D eigenvalue weighted by molar-refractivity contribution is 6.37. The first-order valence-electron chi connectivity index (χ1n) is 8.01. The predicted molar refractivity (Wildman–Crippen MR) is 104 cm³/mol. The van der Waals surface area contributed by atoms with Crippen molar-refractivity contribution in [2.45, 2.75) is 20.4 Å². The van der Waals surface area contributed by atoms with Gasteiger partial charge in [0.1, 0.15) is 12.3 Å². The van der Waals surface area contributed by atoms with Crippen molar-refractivity contribution in [3.8, 4) is 17.2 Å². The molecule has 0 unspecified atom stereocenters. The Labute approximate surface area is 165 Å². The number of carbonyl (C=O) groups is 1. The Morgan fingerprint density at radius 3 is 2.22 bits per heavy atom. The number of nitrogens with zero attached hydrogens (tertiary/aromatic N) is 2. The highest BCUT2D eigenvalue weighted by atomic mass is 35.5. The highest BCUT2D eigenvalue weighted by Crippen LogP contribution is 2.38. The number of aromatic nitrogens is 2. The van der Waals surface area contributed by atoms with Crippen LogP contribution < -0.4 is 10.3 Å². The topological polar surface area (TPSA) is 73.5 Å². The molecule has 1 N–H and O–H groups in total. The van der Waals surface area contributed by atoms with Crippen LogP contribution in [0.15, 0.2) is 47.4 Å². The van der Waals surface area contributed by atoms with Gasteiger partial charge in [-0.3, -0.25) is 9.59 Å². The van der Waals surface area contributed by atoms with Gasteiger partial charge in [-0.15, -0.1) is 0 Å². The predicted octanol–water partition coefficient (Wildman–Crippen LogP) is 4.44. The summed E-state index contributed by atoms with van der Waals surface area (Å²) >= 11 is 12.8. The van der Waals surface area contributed by atoms with Crippen molar-refractivity contribution < 1.29 is 14.6 Å². The molecule has 6 nitrogen and oxygen atoms in total. The zero-order valence-corrected chi connectivity index (χ0v) is 16.1. The maximum absolute atomic E-state index is 11.7. The van der Waals surface area contributed by atoms with E-state index in [0.29, 0.717) is 10.0 Å². The lowest BCUT2D eigenvalue weighted by Gasteiger charge is -2.15. The zero-order chi connectivity index (χ0) is 19.7. The minimum absolute atomic E-state index is 0.227. The lowest BCUT2D eigenvalue weighted by Crippen LogP contribution is -2.22. The summed E-state index contributed by atoms with van der Waals surface area (Å²) < 4.78 is 8.76. The Kier molecular flexibility index (Phi) is 5.30. The van der Waals surface area contributed by atoms with Crippen LogP contribution in [0.1, 0.15) is 11.4 Å². The van der Waals surface area contributed by atoms with Crippen LogP contribution in [0, 0.1) is 13.8 Å². The van der Waals surface area contributed by atoms with Gasteiger partial charge in [0.15, 0.2) is 5.75 Å². The number of rotatable bonds is 5. The molecule has 0 fully saturated rings. The molecule has 2 heterocycles. The highest BCUT2D eigenvalue weighted by Gasteiger charge is 2.14. The molecule has 0 atom stereocenters. The fourth-order valence-corrected chi connectivity index (χ4v) is 3.36. The normalized spacial score (nSPS) is 10.8. The van der Waals surface area contributed by atoms with Gasteiger partial charge in [-0.2, -0.15) is 0 Å². The lowest BCUT2D eigenvalue weighted by molar-refractivity contribution is -0.137. The van der Waals surface area contributed by atoms with E-state index in [1.807, 2.05) is 30.5 Å². The first-order chi connectivity index (χ1) is 12.8. The largest absolute Gasteiger partial charge is 0.480 e. The summed E-state index contributed by atoms with van der Waals surface area (Å²) in [6, 6.07) is 10.1. The van der Waals surface area contributed by atoms with E-state index in [0.717, 1.165) is 21.6 Å². The van der Waals surface area contributed by atoms with Crippen LogP contribution in [0.3, 0.4) is 0 Å². The summed E-state index contributed by atoms with van der Waals surface area (Å²) in [5, 5.41) is 9.47. The molecule has 0 saturated carbocycles. The van der Waals surface area contributed by atoms with E-state index in [4.69, 9.17) is 33.0 Å². The maximum atomic E-state index is 11.7. The number of benzene rings is 1. The molecule has 0 aliphatic rings. The average molecular weight is 407 g/mol. The number of carboxylic acid groups (broad SMARTS) is 1. The number of aryl methyl sites for hydroxylation is 2. The van der Waals surface area contributed by atoms with Crippen LogP contribution in [-0.2, 0) is 11.3 Å². The first kappa shape index (κ1) is 19.1. The summed E-state index contributed by atoms with van der Waals surface area (Å²) in [6.45, 7) is 3.48. The zero-order valence-electron chi connectivity index (χ0n) is 14.6. The molecule has 0 spiro atoms. The van der Waals surface area contributed by atoms with E-state index < -0.39 is 18.1 Å². The molecule has 0 saturated heterocycles. The standard InChI is InChI=1S/C19H16Cl2N2O4/c1-11-3-4-12(2)23(11)13-7-15(20)19(16(21)8-13)27-14-5-6-17(24)22(9-14)10-18(25)26/h3-9H,10H2,1-2H3,(H,25,26). The average Bonchev–Trinajstić information content (AvgIpc) is 2.92. The third kappa shape index (κ3) is 4.02. The number of hydrogen-bond acceptors (Lipinski definition) is 3. The van der Waals surface area contributed by atoms with Crippen molar-refractivity contribution in [1.29, 1.82) is 0 Å². The van der Waals surface area contributed by atoms with E-state index >= 15 is 0 Å². The van der Waals surface area contributed by atoms with Crippen LogP contribution in [0.25, 0.3) is 5.69 Å². The van der Waals surface area contributed by atoms with Crippen molar-refractivity contribution in [3.05, 3.63) is 74.4 Å². The van der Waals surface area contributed by atoms with Crippen molar-refractivity contribution >= 4 is 29.2 Å². The van der Waals surface area contributed by atoms with E-state index in [9.17, 15) is 9.59 Å².